The molecule has 0 aliphatic carbocycles. The van der Waals surface area contributed by atoms with Crippen molar-refractivity contribution in [2.24, 2.45) is 16.9 Å². The second kappa shape index (κ2) is 8.44. The third-order valence-electron chi connectivity index (χ3n) is 4.14. The Morgan fingerprint density at radius 3 is 2.83 bits per heavy atom. The summed E-state index contributed by atoms with van der Waals surface area (Å²) in [6.07, 6.45) is 1.61. The first kappa shape index (κ1) is 17.9. The van der Waals surface area contributed by atoms with Crippen LogP contribution in [-0.2, 0) is 9.47 Å². The van der Waals surface area contributed by atoms with Gasteiger partial charge in [0.1, 0.15) is 11.3 Å². The zero-order chi connectivity index (χ0) is 16.8. The molecule has 2 aliphatic heterocycles. The summed E-state index contributed by atoms with van der Waals surface area (Å²) in [5.74, 6) is 1.27. The molecule has 0 N–H and O–H groups in total. The molecule has 0 saturated carbocycles. The number of nitrogens with zero attached hydrogens (tertiary/aromatic N) is 4. The highest BCUT2D eigenvalue weighted by atomic mass is 16.7. The van der Waals surface area contributed by atoms with Crippen molar-refractivity contribution in [2.45, 2.75) is 39.8 Å². The van der Waals surface area contributed by atoms with Gasteiger partial charge in [0.25, 0.3) is 5.96 Å². The predicted molar refractivity (Wildman–Crippen MR) is 86.5 cm³/mol. The van der Waals surface area contributed by atoms with Gasteiger partial charge in [0, 0.05) is 32.2 Å². The second-order valence-electron chi connectivity index (χ2n) is 6.60. The van der Waals surface area contributed by atoms with Crippen LogP contribution in [0.3, 0.4) is 0 Å². The first-order chi connectivity index (χ1) is 11.0. The van der Waals surface area contributed by atoms with E-state index in [9.17, 15) is 10.1 Å². The van der Waals surface area contributed by atoms with E-state index in [0.717, 1.165) is 39.1 Å². The lowest BCUT2D eigenvalue weighted by molar-refractivity contribution is -0.486. The van der Waals surface area contributed by atoms with Gasteiger partial charge in [-0.05, 0) is 18.8 Å². The van der Waals surface area contributed by atoms with Crippen LogP contribution in [0.4, 0.5) is 0 Å². The van der Waals surface area contributed by atoms with Gasteiger partial charge in [0.05, 0.1) is 13.2 Å². The van der Waals surface area contributed by atoms with Crippen molar-refractivity contribution in [1.82, 2.24) is 9.80 Å². The highest BCUT2D eigenvalue weighted by Gasteiger charge is 2.36. The Balaban J connectivity index is 2.06. The monoisotopic (exact) mass is 328 g/mol. The maximum atomic E-state index is 11.0. The Kier molecular flexibility index (Phi) is 6.59. The van der Waals surface area contributed by atoms with Crippen molar-refractivity contribution in [3.63, 3.8) is 0 Å². The minimum atomic E-state index is -0.610. The predicted octanol–water partition coefficient (Wildman–Crippen LogP) is 1.60. The molecule has 2 unspecified atom stereocenters. The van der Waals surface area contributed by atoms with Crippen LogP contribution in [0.25, 0.3) is 0 Å². The lowest BCUT2D eigenvalue weighted by Gasteiger charge is -2.29. The van der Waals surface area contributed by atoms with Crippen molar-refractivity contribution in [3.05, 3.63) is 10.1 Å². The van der Waals surface area contributed by atoms with Crippen LogP contribution in [0.2, 0.25) is 0 Å². The number of guanidine groups is 1. The van der Waals surface area contributed by atoms with Crippen LogP contribution in [0.5, 0.6) is 0 Å². The van der Waals surface area contributed by atoms with E-state index in [1.807, 2.05) is 16.7 Å². The summed E-state index contributed by atoms with van der Waals surface area (Å²) in [5, 5.41) is 14.0. The van der Waals surface area contributed by atoms with Crippen molar-refractivity contribution >= 4 is 5.96 Å². The van der Waals surface area contributed by atoms with Crippen LogP contribution < -0.4 is 0 Å². The van der Waals surface area contributed by atoms with Gasteiger partial charge in [0.2, 0.25) is 0 Å². The highest BCUT2D eigenvalue weighted by molar-refractivity contribution is 5.81. The van der Waals surface area contributed by atoms with Crippen LogP contribution in [0.1, 0.15) is 33.6 Å². The van der Waals surface area contributed by atoms with Crippen LogP contribution in [0, 0.1) is 22.0 Å². The van der Waals surface area contributed by atoms with Crippen molar-refractivity contribution in [2.75, 3.05) is 39.5 Å². The summed E-state index contributed by atoms with van der Waals surface area (Å²) in [4.78, 5) is 14.9. The van der Waals surface area contributed by atoms with E-state index >= 15 is 0 Å². The molecule has 0 amide bonds. The summed E-state index contributed by atoms with van der Waals surface area (Å²) in [6, 6.07) is 0. The van der Waals surface area contributed by atoms with Gasteiger partial charge in [-0.1, -0.05) is 20.8 Å². The third kappa shape index (κ3) is 5.04. The summed E-state index contributed by atoms with van der Waals surface area (Å²) < 4.78 is 11.3. The van der Waals surface area contributed by atoms with E-state index in [0.29, 0.717) is 30.9 Å². The molecule has 0 aromatic carbocycles. The van der Waals surface area contributed by atoms with E-state index in [-0.39, 0.29) is 6.23 Å². The molecule has 0 spiro atoms. The fourth-order valence-electron chi connectivity index (χ4n) is 3.02. The molecule has 2 rings (SSSR count). The van der Waals surface area contributed by atoms with E-state index in [1.165, 1.54) is 0 Å². The first-order valence-corrected chi connectivity index (χ1v) is 8.45. The van der Waals surface area contributed by atoms with E-state index in [4.69, 9.17) is 9.47 Å². The molecular weight excluding hydrogens is 300 g/mol. The molecular formula is C15H28N4O4. The molecule has 8 heteroatoms. The lowest BCUT2D eigenvalue weighted by atomic mass is 10.1. The zero-order valence-corrected chi connectivity index (χ0v) is 14.3. The standard InChI is InChI=1S/C15H28N4O4/c1-4-14(23-10-12(2)3)18-7-6-17(15(18)16-19(20)21)9-13-5-8-22-11-13/h12-14H,4-11H2,1-3H3. The molecule has 2 heterocycles. The number of rotatable bonds is 8. The Morgan fingerprint density at radius 2 is 2.26 bits per heavy atom. The first-order valence-electron chi connectivity index (χ1n) is 8.45. The molecule has 0 aromatic rings. The molecule has 23 heavy (non-hydrogen) atoms. The smallest absolute Gasteiger partial charge is 0.276 e. The van der Waals surface area contributed by atoms with Crippen LogP contribution >= 0.6 is 0 Å². The Bertz CT molecular complexity index is 424. The van der Waals surface area contributed by atoms with E-state index in [1.54, 1.807) is 0 Å². The summed E-state index contributed by atoms with van der Waals surface area (Å²) in [7, 11) is 0. The maximum Gasteiger partial charge on any atom is 0.276 e. The van der Waals surface area contributed by atoms with Gasteiger partial charge in [-0.25, -0.2) is 10.1 Å². The van der Waals surface area contributed by atoms with Crippen molar-refractivity contribution in [1.29, 1.82) is 0 Å². The highest BCUT2D eigenvalue weighted by Crippen LogP contribution is 2.21. The van der Waals surface area contributed by atoms with Gasteiger partial charge < -0.3 is 19.3 Å². The average Bonchev–Trinajstić information content (AvgIpc) is 3.12. The average molecular weight is 328 g/mol. The van der Waals surface area contributed by atoms with Gasteiger partial charge in [0.15, 0.2) is 5.03 Å². The molecule has 0 aromatic heterocycles. The van der Waals surface area contributed by atoms with Crippen LogP contribution in [-0.4, -0.2) is 66.5 Å². The fraction of sp³-hybridized carbons (Fsp3) is 0.933. The van der Waals surface area contributed by atoms with Gasteiger partial charge >= 0.3 is 0 Å². The molecule has 8 nitrogen and oxygen atoms in total. The zero-order valence-electron chi connectivity index (χ0n) is 14.3. The van der Waals surface area contributed by atoms with Crippen LogP contribution in [0.15, 0.2) is 5.10 Å². The summed E-state index contributed by atoms with van der Waals surface area (Å²) >= 11 is 0. The number of hydrazone groups is 1. The number of hydrogen-bond donors (Lipinski definition) is 0. The summed E-state index contributed by atoms with van der Waals surface area (Å²) in [5.41, 5.74) is 0. The number of nitro groups is 1. The van der Waals surface area contributed by atoms with Gasteiger partial charge in [-0.15, -0.1) is 0 Å². The molecule has 2 aliphatic rings. The van der Waals surface area contributed by atoms with Gasteiger partial charge in [-0.3, -0.25) is 0 Å². The molecule has 0 bridgehead atoms. The largest absolute Gasteiger partial charge is 0.381 e. The quantitative estimate of drug-likeness (QED) is 0.497. The molecule has 132 valence electrons. The van der Waals surface area contributed by atoms with E-state index < -0.39 is 5.03 Å². The Morgan fingerprint density at radius 1 is 1.48 bits per heavy atom. The number of ether oxygens (including phenoxy) is 2. The lowest BCUT2D eigenvalue weighted by Crippen LogP contribution is -2.43. The Hall–Kier alpha value is -1.41. The minimum Gasteiger partial charge on any atom is -0.381 e. The molecule has 2 saturated heterocycles. The molecule has 2 fully saturated rings. The SMILES string of the molecule is CCC(OCC(C)C)N1CCN(CC2CCOC2)C1=N[N+](=O)[O-]. The van der Waals surface area contributed by atoms with Crippen molar-refractivity contribution in [3.8, 4) is 0 Å². The topological polar surface area (TPSA) is 80.4 Å². The second-order valence-corrected chi connectivity index (χ2v) is 6.60. The van der Waals surface area contributed by atoms with Crippen molar-refractivity contribution < 1.29 is 14.5 Å². The summed E-state index contributed by atoms with van der Waals surface area (Å²) in [6.45, 7) is 10.6. The number of hydrogen-bond acceptors (Lipinski definition) is 4. The third-order valence-corrected chi connectivity index (χ3v) is 4.14. The molecule has 2 atom stereocenters. The maximum absolute atomic E-state index is 11.0. The normalized spacial score (nSPS) is 24.9. The Labute approximate surface area is 137 Å². The fourth-order valence-corrected chi connectivity index (χ4v) is 3.02. The minimum absolute atomic E-state index is 0.166. The van der Waals surface area contributed by atoms with E-state index in [2.05, 4.69) is 18.9 Å². The molecule has 0 radical (unpaired) electrons. The van der Waals surface area contributed by atoms with Gasteiger partial charge in [-0.2, -0.15) is 0 Å².